The lowest BCUT2D eigenvalue weighted by molar-refractivity contribution is -0.318. The van der Waals surface area contributed by atoms with Gasteiger partial charge in [-0.3, -0.25) is 24.0 Å². The van der Waals surface area contributed by atoms with E-state index in [0.29, 0.717) is 6.54 Å². The van der Waals surface area contributed by atoms with Gasteiger partial charge in [0.05, 0.1) is 0 Å². The highest BCUT2D eigenvalue weighted by Gasteiger charge is 2.53. The Morgan fingerprint density at radius 1 is 0.792 bits per heavy atom. The maximum Gasteiger partial charge on any atom is 0.306 e. The highest BCUT2D eigenvalue weighted by molar-refractivity contribution is 5.91. The van der Waals surface area contributed by atoms with Crippen molar-refractivity contribution in [3.63, 3.8) is 0 Å². The van der Waals surface area contributed by atoms with E-state index in [1.54, 1.807) is 33.8 Å². The van der Waals surface area contributed by atoms with Crippen LogP contribution in [0.4, 0.5) is 0 Å². The van der Waals surface area contributed by atoms with Crippen LogP contribution in [-0.4, -0.2) is 78.6 Å². The van der Waals surface area contributed by atoms with Crippen LogP contribution in [0.3, 0.4) is 0 Å². The number of benzene rings is 2. The molecule has 2 aromatic carbocycles. The Labute approximate surface area is 308 Å². The number of carbonyl (C=O) groups is 5. The number of H-pyrrole nitrogens is 1. The zero-order valence-electron chi connectivity index (χ0n) is 30.8. The van der Waals surface area contributed by atoms with Crippen molar-refractivity contribution in [2.75, 3.05) is 13.2 Å². The monoisotopic (exact) mass is 735 g/mol. The summed E-state index contributed by atoms with van der Waals surface area (Å²) >= 11 is 0. The van der Waals surface area contributed by atoms with E-state index in [1.807, 2.05) is 36.4 Å². The number of aromatic nitrogens is 1. The van der Waals surface area contributed by atoms with Crippen LogP contribution in [0, 0.1) is 6.92 Å². The third kappa shape index (κ3) is 11.7. The zero-order chi connectivity index (χ0) is 38.3. The van der Waals surface area contributed by atoms with Gasteiger partial charge < -0.3 is 34.0 Å². The second kappa shape index (κ2) is 20.3. The Bertz CT molecular complexity index is 1740. The largest absolute Gasteiger partial charge is 0.463 e. The van der Waals surface area contributed by atoms with Crippen molar-refractivity contribution in [3.8, 4) is 0 Å². The molecule has 1 unspecified atom stereocenters. The van der Waals surface area contributed by atoms with Crippen LogP contribution in [0.5, 0.6) is 0 Å². The quantitative estimate of drug-likeness (QED) is 0.0548. The minimum absolute atomic E-state index is 0.0278. The standard InChI is InChI=1S/C39H49N3O11/c1-6-32(44)48-23-30-36(50-33(45)7-2)37(51-34(46)8-3)38(52-35(47)9-4)39(49-30)53-42-31(43)19-18-25-14-16-26(17-15-25)22-40-21-20-27-24(5)41-29-13-11-10-12-28(27)29/h10-19,30,36-41H,6-9,20-23H2,1-5H3,(H,42,43)/b19-18+/t30-,36?,37+,38-,39+/m1/s1. The van der Waals surface area contributed by atoms with Gasteiger partial charge in [-0.05, 0) is 48.7 Å². The van der Waals surface area contributed by atoms with Crippen molar-refractivity contribution in [3.05, 3.63) is 77.0 Å². The van der Waals surface area contributed by atoms with Crippen LogP contribution in [0.1, 0.15) is 75.8 Å². The number of fused-ring (bicyclic) bond motifs is 1. The molecule has 1 saturated heterocycles. The van der Waals surface area contributed by atoms with Gasteiger partial charge in [0.15, 0.2) is 18.3 Å². The van der Waals surface area contributed by atoms with E-state index >= 15 is 0 Å². The number of nitrogens with one attached hydrogen (secondary N) is 3. The van der Waals surface area contributed by atoms with Crippen LogP contribution in [0.25, 0.3) is 17.0 Å². The lowest BCUT2D eigenvalue weighted by atomic mass is 9.98. The van der Waals surface area contributed by atoms with Gasteiger partial charge >= 0.3 is 23.9 Å². The molecule has 286 valence electrons. The molecule has 53 heavy (non-hydrogen) atoms. The predicted molar refractivity (Wildman–Crippen MR) is 194 cm³/mol. The summed E-state index contributed by atoms with van der Waals surface area (Å²) in [5.41, 5.74) is 7.71. The number of aryl methyl sites for hydroxylation is 1. The van der Waals surface area contributed by atoms with Crippen molar-refractivity contribution in [2.24, 2.45) is 0 Å². The summed E-state index contributed by atoms with van der Waals surface area (Å²) in [7, 11) is 0. The molecule has 0 radical (unpaired) electrons. The van der Waals surface area contributed by atoms with E-state index in [4.69, 9.17) is 28.5 Å². The van der Waals surface area contributed by atoms with Crippen LogP contribution < -0.4 is 10.8 Å². The summed E-state index contributed by atoms with van der Waals surface area (Å²) in [5.74, 6) is -3.29. The van der Waals surface area contributed by atoms with E-state index in [-0.39, 0.29) is 25.7 Å². The fourth-order valence-corrected chi connectivity index (χ4v) is 5.66. The number of hydrogen-bond donors (Lipinski definition) is 3. The first kappa shape index (κ1) is 40.7. The molecule has 0 spiro atoms. The first-order chi connectivity index (χ1) is 25.6. The van der Waals surface area contributed by atoms with Gasteiger partial charge in [-0.2, -0.15) is 0 Å². The highest BCUT2D eigenvalue weighted by atomic mass is 16.8. The Hall–Kier alpha value is -5.05. The Morgan fingerprint density at radius 2 is 1.42 bits per heavy atom. The lowest BCUT2D eigenvalue weighted by Crippen LogP contribution is -2.63. The Balaban J connectivity index is 1.39. The number of ether oxygens (including phenoxy) is 5. The summed E-state index contributed by atoms with van der Waals surface area (Å²) in [6.45, 7) is 9.44. The molecule has 3 N–H and O–H groups in total. The number of rotatable bonds is 18. The van der Waals surface area contributed by atoms with Gasteiger partial charge in [-0.25, -0.2) is 10.3 Å². The normalized spacial score (nSPS) is 19.8. The maximum absolute atomic E-state index is 12.9. The fourth-order valence-electron chi connectivity index (χ4n) is 5.66. The van der Waals surface area contributed by atoms with Crippen LogP contribution in [-0.2, 0) is 65.5 Å². The molecule has 1 aliphatic heterocycles. The van der Waals surface area contributed by atoms with E-state index in [2.05, 4.69) is 34.8 Å². The maximum atomic E-state index is 12.9. The summed E-state index contributed by atoms with van der Waals surface area (Å²) in [5, 5.41) is 4.73. The third-order valence-electron chi connectivity index (χ3n) is 8.55. The van der Waals surface area contributed by atoms with Gasteiger partial charge in [0.1, 0.15) is 12.7 Å². The third-order valence-corrected chi connectivity index (χ3v) is 8.55. The molecule has 1 aliphatic rings. The van der Waals surface area contributed by atoms with Gasteiger partial charge in [-0.15, -0.1) is 0 Å². The van der Waals surface area contributed by atoms with Crippen LogP contribution in [0.2, 0.25) is 0 Å². The molecule has 4 rings (SSSR count). The molecule has 5 atom stereocenters. The summed E-state index contributed by atoms with van der Waals surface area (Å²) in [4.78, 5) is 71.3. The molecule has 3 aromatic rings. The second-order valence-electron chi connectivity index (χ2n) is 12.4. The molecule has 14 heteroatoms. The van der Waals surface area contributed by atoms with E-state index in [9.17, 15) is 24.0 Å². The van der Waals surface area contributed by atoms with E-state index in [0.717, 1.165) is 29.6 Å². The number of hydroxylamine groups is 1. The summed E-state index contributed by atoms with van der Waals surface area (Å²) < 4.78 is 28.0. The van der Waals surface area contributed by atoms with Gasteiger partial charge in [0.2, 0.25) is 6.29 Å². The van der Waals surface area contributed by atoms with Crippen molar-refractivity contribution in [1.29, 1.82) is 0 Å². The smallest absolute Gasteiger partial charge is 0.306 e. The molecule has 0 aliphatic carbocycles. The minimum atomic E-state index is -1.55. The first-order valence-electron chi connectivity index (χ1n) is 18.0. The van der Waals surface area contributed by atoms with Gasteiger partial charge in [0.25, 0.3) is 5.91 Å². The van der Waals surface area contributed by atoms with Gasteiger partial charge in [-0.1, -0.05) is 70.2 Å². The molecule has 1 amide bonds. The molecule has 14 nitrogen and oxygen atoms in total. The van der Waals surface area contributed by atoms with Crippen molar-refractivity contribution in [2.45, 2.75) is 104 Å². The molecule has 2 heterocycles. The number of esters is 4. The number of amides is 1. The minimum Gasteiger partial charge on any atom is -0.463 e. The van der Waals surface area contributed by atoms with Gasteiger partial charge in [0, 0.05) is 54.9 Å². The molecule has 0 saturated carbocycles. The second-order valence-corrected chi connectivity index (χ2v) is 12.4. The zero-order valence-corrected chi connectivity index (χ0v) is 30.8. The summed E-state index contributed by atoms with van der Waals surface area (Å²) in [6.07, 6.45) is -3.33. The lowest BCUT2D eigenvalue weighted by Gasteiger charge is -2.43. The average Bonchev–Trinajstić information content (AvgIpc) is 3.49. The number of para-hydroxylation sites is 1. The highest BCUT2D eigenvalue weighted by Crippen LogP contribution is 2.30. The fraction of sp³-hybridized carbons (Fsp3) is 0.462. The van der Waals surface area contributed by atoms with Crippen molar-refractivity contribution in [1.82, 2.24) is 15.8 Å². The number of carbonyl (C=O) groups excluding carboxylic acids is 5. The van der Waals surface area contributed by atoms with E-state index in [1.165, 1.54) is 22.7 Å². The molecular weight excluding hydrogens is 686 g/mol. The molecule has 0 bridgehead atoms. The van der Waals surface area contributed by atoms with Crippen molar-refractivity contribution < 1.29 is 52.5 Å². The number of aromatic amines is 1. The van der Waals surface area contributed by atoms with E-state index < -0.39 is 67.1 Å². The predicted octanol–water partition coefficient (Wildman–Crippen LogP) is 4.51. The first-order valence-corrected chi connectivity index (χ1v) is 18.0. The topological polar surface area (TPSA) is 181 Å². The molecule has 1 aromatic heterocycles. The van der Waals surface area contributed by atoms with Crippen molar-refractivity contribution >= 4 is 46.8 Å². The average molecular weight is 736 g/mol. The Kier molecular flexibility index (Phi) is 15.6. The summed E-state index contributed by atoms with van der Waals surface area (Å²) in [6, 6.07) is 16.0. The molecule has 1 fully saturated rings. The Morgan fingerprint density at radius 3 is 2.08 bits per heavy atom. The SMILES string of the molecule is CCC(=O)OC[C@H]1O[C@@H](ONC(=O)/C=C/c2ccc(CNCCc3c(C)[nH]c4ccccc34)cc2)[C@H](OC(=O)CC)[C@@H](OC(=O)CC)C1OC(=O)CC. The number of hydrogen-bond acceptors (Lipinski definition) is 12. The van der Waals surface area contributed by atoms with Crippen LogP contribution >= 0.6 is 0 Å². The van der Waals surface area contributed by atoms with Crippen LogP contribution in [0.15, 0.2) is 54.6 Å². The molecular formula is C39H49N3O11.